The first-order valence-electron chi connectivity index (χ1n) is 12.7. The molecular formula is C24H47N5O. The molecule has 1 saturated carbocycles. The number of nitrogens with one attached hydrogen (secondary N) is 2. The molecule has 2 heterocycles. The average molecular weight is 422 g/mol. The molecule has 0 spiro atoms. The van der Waals surface area contributed by atoms with E-state index in [0.717, 1.165) is 32.0 Å². The van der Waals surface area contributed by atoms with Crippen molar-refractivity contribution in [3.63, 3.8) is 0 Å². The van der Waals surface area contributed by atoms with Crippen LogP contribution in [0, 0.1) is 5.41 Å². The Bertz CT molecular complexity index is 512. The number of aliphatic imine (C=N–C) groups is 1. The lowest BCUT2D eigenvalue weighted by atomic mass is 9.72. The first kappa shape index (κ1) is 23.8. The van der Waals surface area contributed by atoms with E-state index in [2.05, 4.69) is 34.4 Å². The van der Waals surface area contributed by atoms with Crippen LogP contribution < -0.4 is 10.6 Å². The summed E-state index contributed by atoms with van der Waals surface area (Å²) in [5.41, 5.74) is 0.463. The van der Waals surface area contributed by atoms with Crippen molar-refractivity contribution < 1.29 is 5.11 Å². The highest BCUT2D eigenvalue weighted by Crippen LogP contribution is 2.39. The minimum atomic E-state index is 0.202. The van der Waals surface area contributed by atoms with E-state index in [1.54, 1.807) is 0 Å². The normalized spacial score (nSPS) is 25.8. The summed E-state index contributed by atoms with van der Waals surface area (Å²) < 4.78 is 0. The standard InChI is InChI=1S/C24H47N5O/c1-3-25-22(26-20-23(14-19-30)10-6-4-7-11-23)27-21-24(12-17-28(2)18-13-24)29-15-8-5-9-16-29/h30H,3-21H2,1-2H3,(H2,25,26,27). The first-order chi connectivity index (χ1) is 14.6. The van der Waals surface area contributed by atoms with Crippen LogP contribution >= 0.6 is 0 Å². The van der Waals surface area contributed by atoms with E-state index >= 15 is 0 Å². The molecule has 0 bridgehead atoms. The van der Waals surface area contributed by atoms with E-state index in [1.807, 2.05) is 0 Å². The predicted molar refractivity (Wildman–Crippen MR) is 126 cm³/mol. The number of hydrogen-bond donors (Lipinski definition) is 3. The van der Waals surface area contributed by atoms with E-state index < -0.39 is 0 Å². The van der Waals surface area contributed by atoms with Crippen LogP contribution in [0.2, 0.25) is 0 Å². The Kier molecular flexibility index (Phi) is 9.27. The fourth-order valence-electron chi connectivity index (χ4n) is 5.87. The molecule has 0 unspecified atom stereocenters. The van der Waals surface area contributed by atoms with Crippen molar-refractivity contribution in [1.82, 2.24) is 20.4 Å². The summed E-state index contributed by atoms with van der Waals surface area (Å²) >= 11 is 0. The van der Waals surface area contributed by atoms with E-state index in [9.17, 15) is 5.11 Å². The third-order valence-corrected chi connectivity index (χ3v) is 8.00. The van der Waals surface area contributed by atoms with Gasteiger partial charge in [0.2, 0.25) is 0 Å². The molecule has 2 aliphatic heterocycles. The maximum absolute atomic E-state index is 9.64. The number of likely N-dealkylation sites (tertiary alicyclic amines) is 2. The molecule has 0 radical (unpaired) electrons. The van der Waals surface area contributed by atoms with Crippen LogP contribution in [0.1, 0.15) is 77.6 Å². The van der Waals surface area contributed by atoms with Crippen LogP contribution in [-0.2, 0) is 0 Å². The molecule has 6 nitrogen and oxygen atoms in total. The number of nitrogens with zero attached hydrogens (tertiary/aromatic N) is 3. The fourth-order valence-corrected chi connectivity index (χ4v) is 5.87. The molecule has 0 aromatic rings. The number of aliphatic hydroxyl groups is 1. The molecule has 0 aromatic carbocycles. The number of guanidine groups is 1. The van der Waals surface area contributed by atoms with E-state index in [-0.39, 0.29) is 17.6 Å². The molecule has 30 heavy (non-hydrogen) atoms. The molecule has 3 rings (SSSR count). The van der Waals surface area contributed by atoms with Crippen LogP contribution in [0.25, 0.3) is 0 Å². The van der Waals surface area contributed by atoms with Gasteiger partial charge in [0.25, 0.3) is 0 Å². The maximum Gasteiger partial charge on any atom is 0.191 e. The third kappa shape index (κ3) is 6.33. The SMILES string of the molecule is CCNC(=NCC1(CCO)CCCCC1)NCC1(N2CCCCC2)CCN(C)CC1. The second kappa shape index (κ2) is 11.7. The molecule has 3 fully saturated rings. The monoisotopic (exact) mass is 421 g/mol. The predicted octanol–water partition coefficient (Wildman–Crippen LogP) is 2.82. The summed E-state index contributed by atoms with van der Waals surface area (Å²) in [5, 5.41) is 16.9. The number of hydrogen-bond acceptors (Lipinski definition) is 4. The van der Waals surface area contributed by atoms with Crippen LogP contribution in [-0.4, -0.2) is 85.9 Å². The molecule has 0 amide bonds. The van der Waals surface area contributed by atoms with Gasteiger partial charge in [-0.1, -0.05) is 25.7 Å². The number of rotatable bonds is 8. The Morgan fingerprint density at radius 1 is 0.900 bits per heavy atom. The second-order valence-electron chi connectivity index (χ2n) is 10.2. The minimum Gasteiger partial charge on any atom is -0.396 e. The number of piperidine rings is 2. The minimum absolute atomic E-state index is 0.202. The number of aliphatic hydroxyl groups excluding tert-OH is 1. The zero-order chi connectivity index (χ0) is 21.3. The molecule has 3 aliphatic rings. The lowest BCUT2D eigenvalue weighted by Gasteiger charge is -2.50. The third-order valence-electron chi connectivity index (χ3n) is 8.00. The molecule has 2 saturated heterocycles. The van der Waals surface area contributed by atoms with Gasteiger partial charge in [-0.05, 0) is 90.5 Å². The van der Waals surface area contributed by atoms with E-state index in [1.165, 1.54) is 90.4 Å². The molecule has 0 atom stereocenters. The lowest BCUT2D eigenvalue weighted by Crippen LogP contribution is -2.62. The van der Waals surface area contributed by atoms with Crippen molar-refractivity contribution >= 4 is 5.96 Å². The molecule has 1 aliphatic carbocycles. The van der Waals surface area contributed by atoms with E-state index in [0.29, 0.717) is 0 Å². The van der Waals surface area contributed by atoms with Crippen LogP contribution in [0.3, 0.4) is 0 Å². The molecular weight excluding hydrogens is 374 g/mol. The molecule has 6 heteroatoms. The summed E-state index contributed by atoms with van der Waals surface area (Å²) in [6.07, 6.45) is 13.8. The van der Waals surface area contributed by atoms with Crippen LogP contribution in [0.4, 0.5) is 0 Å². The van der Waals surface area contributed by atoms with Crippen LogP contribution in [0.5, 0.6) is 0 Å². The zero-order valence-electron chi connectivity index (χ0n) is 19.7. The van der Waals surface area contributed by atoms with Crippen molar-refractivity contribution in [2.45, 2.75) is 83.1 Å². The Morgan fingerprint density at radius 3 is 2.20 bits per heavy atom. The van der Waals surface area contributed by atoms with E-state index in [4.69, 9.17) is 4.99 Å². The quantitative estimate of drug-likeness (QED) is 0.415. The van der Waals surface area contributed by atoms with Crippen molar-refractivity contribution in [3.8, 4) is 0 Å². The summed E-state index contributed by atoms with van der Waals surface area (Å²) in [5.74, 6) is 0.968. The first-order valence-corrected chi connectivity index (χ1v) is 12.7. The Labute approximate surface area is 184 Å². The zero-order valence-corrected chi connectivity index (χ0v) is 19.7. The second-order valence-corrected chi connectivity index (χ2v) is 10.2. The average Bonchev–Trinajstić information content (AvgIpc) is 2.78. The highest BCUT2D eigenvalue weighted by molar-refractivity contribution is 5.79. The van der Waals surface area contributed by atoms with Crippen molar-refractivity contribution in [2.24, 2.45) is 10.4 Å². The molecule has 174 valence electrons. The van der Waals surface area contributed by atoms with Gasteiger partial charge in [-0.2, -0.15) is 0 Å². The summed E-state index contributed by atoms with van der Waals surface area (Å²) in [7, 11) is 2.25. The van der Waals surface area contributed by atoms with Gasteiger partial charge < -0.3 is 20.6 Å². The summed E-state index contributed by atoms with van der Waals surface area (Å²) in [6, 6.07) is 0. The Hall–Kier alpha value is -0.850. The van der Waals surface area contributed by atoms with Gasteiger partial charge >= 0.3 is 0 Å². The lowest BCUT2D eigenvalue weighted by molar-refractivity contribution is 0.0173. The highest BCUT2D eigenvalue weighted by Gasteiger charge is 2.39. The molecule has 0 aromatic heterocycles. The van der Waals surface area contributed by atoms with Crippen molar-refractivity contribution in [3.05, 3.63) is 0 Å². The van der Waals surface area contributed by atoms with Gasteiger partial charge in [-0.3, -0.25) is 9.89 Å². The Balaban J connectivity index is 1.66. The largest absolute Gasteiger partial charge is 0.396 e. The molecule has 3 N–H and O–H groups in total. The van der Waals surface area contributed by atoms with Crippen LogP contribution in [0.15, 0.2) is 4.99 Å². The van der Waals surface area contributed by atoms with Gasteiger partial charge in [-0.15, -0.1) is 0 Å². The van der Waals surface area contributed by atoms with Gasteiger partial charge in [0.1, 0.15) is 0 Å². The summed E-state index contributed by atoms with van der Waals surface area (Å²) in [6.45, 7) is 10.0. The smallest absolute Gasteiger partial charge is 0.191 e. The van der Waals surface area contributed by atoms with Gasteiger partial charge in [-0.25, -0.2) is 0 Å². The highest BCUT2D eigenvalue weighted by atomic mass is 16.3. The maximum atomic E-state index is 9.64. The van der Waals surface area contributed by atoms with Crippen molar-refractivity contribution in [2.75, 3.05) is 59.5 Å². The topological polar surface area (TPSA) is 63.1 Å². The van der Waals surface area contributed by atoms with Gasteiger partial charge in [0, 0.05) is 31.8 Å². The van der Waals surface area contributed by atoms with Gasteiger partial charge in [0.15, 0.2) is 5.96 Å². The fraction of sp³-hybridized carbons (Fsp3) is 0.958. The van der Waals surface area contributed by atoms with Crippen molar-refractivity contribution in [1.29, 1.82) is 0 Å². The van der Waals surface area contributed by atoms with Gasteiger partial charge in [0.05, 0.1) is 0 Å². The Morgan fingerprint density at radius 2 is 1.57 bits per heavy atom. The summed E-state index contributed by atoms with van der Waals surface area (Å²) in [4.78, 5) is 10.3.